The number of aliphatic hydroxyl groups excluding tert-OH is 1. The zero-order valence-electron chi connectivity index (χ0n) is 11.5. The summed E-state index contributed by atoms with van der Waals surface area (Å²) < 4.78 is 0. The lowest BCUT2D eigenvalue weighted by Crippen LogP contribution is -2.33. The third-order valence-corrected chi connectivity index (χ3v) is 2.87. The monoisotopic (exact) mass is 268 g/mol. The van der Waals surface area contributed by atoms with E-state index in [1.54, 1.807) is 24.9 Å². The van der Waals surface area contributed by atoms with Crippen LogP contribution in [0.1, 0.15) is 20.3 Å². The molecule has 0 saturated heterocycles. The SMILES string of the molecule is CCCNc1ccc([N+](=O)[O-])c(N(C)C(C)CO)n1. The van der Waals surface area contributed by atoms with Crippen molar-refractivity contribution in [2.24, 2.45) is 0 Å². The highest BCUT2D eigenvalue weighted by molar-refractivity contribution is 5.61. The molecule has 0 aliphatic carbocycles. The zero-order chi connectivity index (χ0) is 14.4. The van der Waals surface area contributed by atoms with Gasteiger partial charge in [-0.2, -0.15) is 0 Å². The quantitative estimate of drug-likeness (QED) is 0.577. The van der Waals surface area contributed by atoms with Gasteiger partial charge >= 0.3 is 5.69 Å². The van der Waals surface area contributed by atoms with E-state index in [0.717, 1.165) is 13.0 Å². The lowest BCUT2D eigenvalue weighted by Gasteiger charge is -2.24. The van der Waals surface area contributed by atoms with Crippen LogP contribution in [0.5, 0.6) is 0 Å². The second kappa shape index (κ2) is 6.89. The molecule has 0 radical (unpaired) electrons. The Kier molecular flexibility index (Phi) is 5.50. The zero-order valence-corrected chi connectivity index (χ0v) is 11.5. The number of aromatic nitrogens is 1. The van der Waals surface area contributed by atoms with Crippen molar-refractivity contribution in [2.75, 3.05) is 30.4 Å². The Morgan fingerprint density at radius 3 is 2.79 bits per heavy atom. The van der Waals surface area contributed by atoms with Crippen molar-refractivity contribution < 1.29 is 10.0 Å². The lowest BCUT2D eigenvalue weighted by molar-refractivity contribution is -0.384. The van der Waals surface area contributed by atoms with Gasteiger partial charge in [0.05, 0.1) is 17.6 Å². The van der Waals surface area contributed by atoms with Gasteiger partial charge in [-0.1, -0.05) is 6.92 Å². The summed E-state index contributed by atoms with van der Waals surface area (Å²) in [7, 11) is 1.68. The van der Waals surface area contributed by atoms with Gasteiger partial charge in [-0.15, -0.1) is 0 Å². The summed E-state index contributed by atoms with van der Waals surface area (Å²) in [6, 6.07) is 2.78. The first kappa shape index (κ1) is 15.2. The Morgan fingerprint density at radius 1 is 1.58 bits per heavy atom. The van der Waals surface area contributed by atoms with Gasteiger partial charge in [0.15, 0.2) is 0 Å². The van der Waals surface area contributed by atoms with Gasteiger partial charge in [0.2, 0.25) is 5.82 Å². The van der Waals surface area contributed by atoms with Gasteiger partial charge in [-0.3, -0.25) is 10.1 Å². The van der Waals surface area contributed by atoms with Crippen LogP contribution < -0.4 is 10.2 Å². The maximum atomic E-state index is 11.0. The second-order valence-electron chi connectivity index (χ2n) is 4.37. The molecular weight excluding hydrogens is 248 g/mol. The first-order valence-electron chi connectivity index (χ1n) is 6.24. The fraction of sp³-hybridized carbons (Fsp3) is 0.583. The summed E-state index contributed by atoms with van der Waals surface area (Å²) in [5.74, 6) is 0.854. The first-order valence-corrected chi connectivity index (χ1v) is 6.24. The van der Waals surface area contributed by atoms with E-state index in [-0.39, 0.29) is 24.2 Å². The standard InChI is InChI=1S/C12H20N4O3/c1-4-7-13-11-6-5-10(16(18)19)12(14-11)15(3)9(2)8-17/h5-6,9,17H,4,7-8H2,1-3H3,(H,13,14). The normalized spacial score (nSPS) is 12.0. The van der Waals surface area contributed by atoms with E-state index in [2.05, 4.69) is 10.3 Å². The molecule has 0 aromatic carbocycles. The molecule has 1 rings (SSSR count). The Hall–Kier alpha value is -1.89. The van der Waals surface area contributed by atoms with Gasteiger partial charge in [0, 0.05) is 19.7 Å². The van der Waals surface area contributed by atoms with E-state index in [1.165, 1.54) is 6.07 Å². The highest BCUT2D eigenvalue weighted by Crippen LogP contribution is 2.27. The maximum Gasteiger partial charge on any atom is 0.311 e. The van der Waals surface area contributed by atoms with E-state index < -0.39 is 4.92 Å². The number of hydrogen-bond donors (Lipinski definition) is 2. The maximum absolute atomic E-state index is 11.0. The van der Waals surface area contributed by atoms with Crippen molar-refractivity contribution in [3.63, 3.8) is 0 Å². The van der Waals surface area contributed by atoms with Crippen molar-refractivity contribution in [1.29, 1.82) is 0 Å². The topological polar surface area (TPSA) is 91.5 Å². The Morgan fingerprint density at radius 2 is 2.26 bits per heavy atom. The van der Waals surface area contributed by atoms with Crippen LogP contribution >= 0.6 is 0 Å². The molecule has 7 heteroatoms. The summed E-state index contributed by atoms with van der Waals surface area (Å²) in [5, 5.41) is 23.3. The number of likely N-dealkylation sites (N-methyl/N-ethyl adjacent to an activating group) is 1. The van der Waals surface area contributed by atoms with Crippen molar-refractivity contribution in [2.45, 2.75) is 26.3 Å². The number of nitrogens with one attached hydrogen (secondary N) is 1. The molecule has 1 aromatic heterocycles. The molecule has 1 atom stereocenters. The predicted molar refractivity (Wildman–Crippen MR) is 74.6 cm³/mol. The van der Waals surface area contributed by atoms with Gasteiger partial charge in [-0.05, 0) is 19.4 Å². The molecule has 7 nitrogen and oxygen atoms in total. The highest BCUT2D eigenvalue weighted by Gasteiger charge is 2.22. The Balaban J connectivity index is 3.11. The van der Waals surface area contributed by atoms with Crippen LogP contribution in [0.4, 0.5) is 17.3 Å². The smallest absolute Gasteiger partial charge is 0.311 e. The predicted octanol–water partition coefficient (Wildman–Crippen LogP) is 1.63. The average molecular weight is 268 g/mol. The molecule has 106 valence electrons. The summed E-state index contributed by atoms with van der Waals surface area (Å²) in [5.41, 5.74) is -0.0650. The molecular formula is C12H20N4O3. The molecule has 1 heterocycles. The van der Waals surface area contributed by atoms with Crippen LogP contribution in [-0.2, 0) is 0 Å². The minimum Gasteiger partial charge on any atom is -0.394 e. The highest BCUT2D eigenvalue weighted by atomic mass is 16.6. The summed E-state index contributed by atoms with van der Waals surface area (Å²) >= 11 is 0. The molecule has 0 spiro atoms. The van der Waals surface area contributed by atoms with E-state index >= 15 is 0 Å². The fourth-order valence-electron chi connectivity index (χ4n) is 1.53. The number of hydrogen-bond acceptors (Lipinski definition) is 6. The largest absolute Gasteiger partial charge is 0.394 e. The van der Waals surface area contributed by atoms with Gasteiger partial charge in [0.25, 0.3) is 0 Å². The Bertz CT molecular complexity index is 439. The molecule has 1 unspecified atom stereocenters. The van der Waals surface area contributed by atoms with Crippen molar-refractivity contribution in [1.82, 2.24) is 4.98 Å². The van der Waals surface area contributed by atoms with Gasteiger partial charge in [-0.25, -0.2) is 4.98 Å². The minimum atomic E-state index is -0.466. The van der Waals surface area contributed by atoms with Crippen LogP contribution in [0.25, 0.3) is 0 Å². The van der Waals surface area contributed by atoms with Crippen molar-refractivity contribution >= 4 is 17.3 Å². The number of nitrogens with zero attached hydrogens (tertiary/aromatic N) is 3. The molecule has 2 N–H and O–H groups in total. The minimum absolute atomic E-state index is 0.0650. The second-order valence-corrected chi connectivity index (χ2v) is 4.37. The molecule has 0 saturated carbocycles. The molecule has 19 heavy (non-hydrogen) atoms. The molecule has 0 aliphatic rings. The van der Waals surface area contributed by atoms with Gasteiger partial charge in [0.1, 0.15) is 5.82 Å². The number of rotatable bonds is 7. The molecule has 0 amide bonds. The number of nitro groups is 1. The molecule has 0 aliphatic heterocycles. The van der Waals surface area contributed by atoms with Crippen LogP contribution in [0, 0.1) is 10.1 Å². The summed E-state index contributed by atoms with van der Waals surface area (Å²) in [4.78, 5) is 16.4. The van der Waals surface area contributed by atoms with Crippen molar-refractivity contribution in [3.8, 4) is 0 Å². The van der Waals surface area contributed by atoms with Crippen LogP contribution in [0.2, 0.25) is 0 Å². The third-order valence-electron chi connectivity index (χ3n) is 2.87. The lowest BCUT2D eigenvalue weighted by atomic mass is 10.3. The molecule has 0 bridgehead atoms. The Labute approximate surface area is 112 Å². The van der Waals surface area contributed by atoms with Crippen molar-refractivity contribution in [3.05, 3.63) is 22.2 Å². The van der Waals surface area contributed by atoms with Crippen LogP contribution in [0.15, 0.2) is 12.1 Å². The van der Waals surface area contributed by atoms with E-state index in [0.29, 0.717) is 5.82 Å². The van der Waals surface area contributed by atoms with E-state index in [4.69, 9.17) is 5.11 Å². The average Bonchev–Trinajstić information content (AvgIpc) is 2.42. The summed E-state index contributed by atoms with van der Waals surface area (Å²) in [6.45, 7) is 4.46. The first-order chi connectivity index (χ1) is 9.01. The number of anilines is 2. The third kappa shape index (κ3) is 3.78. The molecule has 1 aromatic rings. The number of pyridine rings is 1. The van der Waals surface area contributed by atoms with E-state index in [1.807, 2.05) is 6.92 Å². The van der Waals surface area contributed by atoms with E-state index in [9.17, 15) is 10.1 Å². The molecule has 0 fully saturated rings. The van der Waals surface area contributed by atoms with Gasteiger partial charge < -0.3 is 15.3 Å². The number of aliphatic hydroxyl groups is 1. The van der Waals surface area contributed by atoms with Crippen LogP contribution in [0.3, 0.4) is 0 Å². The fourth-order valence-corrected chi connectivity index (χ4v) is 1.53. The summed E-state index contributed by atoms with van der Waals surface area (Å²) in [6.07, 6.45) is 0.941. The van der Waals surface area contributed by atoms with Crippen LogP contribution in [-0.4, -0.2) is 41.3 Å².